The molecule has 2 saturated heterocycles. The van der Waals surface area contributed by atoms with Gasteiger partial charge in [-0.05, 0) is 25.7 Å². The number of rotatable bonds is 3. The van der Waals surface area contributed by atoms with Crippen molar-refractivity contribution >= 4 is 5.91 Å². The molecule has 1 amide bonds. The molecule has 2 fully saturated rings. The smallest absolute Gasteiger partial charge is 0.346 e. The molecule has 2 rings (SSSR count). The predicted octanol–water partition coefficient (Wildman–Crippen LogP) is 0.619. The van der Waals surface area contributed by atoms with E-state index >= 15 is 0 Å². The zero-order valence-electron chi connectivity index (χ0n) is 10.0. The summed E-state index contributed by atoms with van der Waals surface area (Å²) >= 11 is 0. The lowest BCUT2D eigenvalue weighted by molar-refractivity contribution is -0.139. The number of carbonyl (C=O) groups is 1. The van der Waals surface area contributed by atoms with E-state index in [1.165, 1.54) is 0 Å². The quantitative estimate of drug-likeness (QED) is 0.786. The minimum Gasteiger partial charge on any atom is -0.346 e. The first-order valence-corrected chi connectivity index (χ1v) is 6.20. The number of hydrogen-bond acceptors (Lipinski definition) is 3. The number of fused-ring (bicyclic) bond motifs is 2. The molecular weight excluding hydrogens is 247 g/mol. The van der Waals surface area contributed by atoms with Gasteiger partial charge in [0.2, 0.25) is 5.91 Å². The fourth-order valence-corrected chi connectivity index (χ4v) is 2.99. The molecule has 2 aliphatic rings. The van der Waals surface area contributed by atoms with E-state index in [1.54, 1.807) is 0 Å². The second kappa shape index (κ2) is 5.05. The summed E-state index contributed by atoms with van der Waals surface area (Å²) in [6.45, 7) is -1.20. The van der Waals surface area contributed by atoms with Crippen LogP contribution in [0.4, 0.5) is 13.2 Å². The Labute approximate surface area is 104 Å². The van der Waals surface area contributed by atoms with Crippen LogP contribution in [0.25, 0.3) is 0 Å². The number of hydrogen-bond donors (Lipinski definition) is 2. The molecular formula is C11H18F3N3O. The highest BCUT2D eigenvalue weighted by Crippen LogP contribution is 2.34. The molecule has 4 nitrogen and oxygen atoms in total. The maximum atomic E-state index is 12.0. The maximum Gasteiger partial charge on any atom is 0.405 e. The number of piperidine rings is 1. The summed E-state index contributed by atoms with van der Waals surface area (Å²) in [5, 5.41) is 1.91. The minimum atomic E-state index is -4.35. The Balaban J connectivity index is 1.81. The highest BCUT2D eigenvalue weighted by molar-refractivity contribution is 5.78. The average Bonchev–Trinajstić information content (AvgIpc) is 2.47. The van der Waals surface area contributed by atoms with Crippen LogP contribution in [0.15, 0.2) is 0 Å². The average molecular weight is 265 g/mol. The van der Waals surface area contributed by atoms with Crippen molar-refractivity contribution in [2.75, 3.05) is 13.1 Å². The zero-order chi connectivity index (χ0) is 13.3. The molecule has 2 bridgehead atoms. The van der Waals surface area contributed by atoms with Crippen molar-refractivity contribution < 1.29 is 18.0 Å². The number of amides is 1. The van der Waals surface area contributed by atoms with E-state index in [-0.39, 0.29) is 24.7 Å². The summed E-state index contributed by atoms with van der Waals surface area (Å²) in [4.78, 5) is 13.5. The number of nitrogens with one attached hydrogen (secondary N) is 1. The van der Waals surface area contributed by atoms with Crippen LogP contribution in [0.5, 0.6) is 0 Å². The van der Waals surface area contributed by atoms with E-state index < -0.39 is 18.6 Å². The molecule has 18 heavy (non-hydrogen) atoms. The van der Waals surface area contributed by atoms with Gasteiger partial charge in [-0.3, -0.25) is 9.69 Å². The second-order valence-electron chi connectivity index (χ2n) is 5.18. The number of carbonyl (C=O) groups excluding carboxylic acids is 1. The molecule has 0 aliphatic carbocycles. The van der Waals surface area contributed by atoms with Crippen molar-refractivity contribution in [3.63, 3.8) is 0 Å². The Morgan fingerprint density at radius 2 is 1.83 bits per heavy atom. The number of nitrogens with two attached hydrogens (primary N) is 1. The monoisotopic (exact) mass is 265 g/mol. The van der Waals surface area contributed by atoms with Gasteiger partial charge in [-0.2, -0.15) is 13.2 Å². The van der Waals surface area contributed by atoms with Gasteiger partial charge in [0.25, 0.3) is 0 Å². The van der Waals surface area contributed by atoms with Crippen molar-refractivity contribution in [1.82, 2.24) is 10.2 Å². The Morgan fingerprint density at radius 3 is 2.33 bits per heavy atom. The molecule has 0 saturated carbocycles. The third kappa shape index (κ3) is 3.35. The van der Waals surface area contributed by atoms with Crippen molar-refractivity contribution in [2.45, 2.75) is 50.0 Å². The molecule has 7 heteroatoms. The van der Waals surface area contributed by atoms with Gasteiger partial charge >= 0.3 is 6.18 Å². The van der Waals surface area contributed by atoms with Crippen molar-refractivity contribution in [3.05, 3.63) is 0 Å². The van der Waals surface area contributed by atoms with Gasteiger partial charge in [-0.1, -0.05) is 0 Å². The molecule has 104 valence electrons. The normalized spacial score (nSPS) is 32.6. The lowest BCUT2D eigenvalue weighted by Gasteiger charge is -2.37. The molecule has 2 atom stereocenters. The van der Waals surface area contributed by atoms with E-state index in [9.17, 15) is 18.0 Å². The van der Waals surface area contributed by atoms with E-state index in [4.69, 9.17) is 5.73 Å². The van der Waals surface area contributed by atoms with Crippen LogP contribution in [0.1, 0.15) is 25.7 Å². The van der Waals surface area contributed by atoms with Crippen LogP contribution < -0.4 is 11.1 Å². The summed E-state index contributed by atoms with van der Waals surface area (Å²) in [6, 6.07) is 0.683. The van der Waals surface area contributed by atoms with Crippen LogP contribution in [0.3, 0.4) is 0 Å². The number of alkyl halides is 3. The van der Waals surface area contributed by atoms with Crippen molar-refractivity contribution in [3.8, 4) is 0 Å². The van der Waals surface area contributed by atoms with E-state index in [0.717, 1.165) is 25.7 Å². The summed E-state index contributed by atoms with van der Waals surface area (Å²) < 4.78 is 35.9. The molecule has 2 heterocycles. The second-order valence-corrected chi connectivity index (χ2v) is 5.18. The zero-order valence-corrected chi connectivity index (χ0v) is 10.0. The largest absolute Gasteiger partial charge is 0.405 e. The van der Waals surface area contributed by atoms with Crippen LogP contribution in [0, 0.1) is 0 Å². The Kier molecular flexibility index (Phi) is 3.82. The first-order valence-electron chi connectivity index (χ1n) is 6.20. The SMILES string of the molecule is NC1CC2CCC(C1)N2CC(=O)NCC(F)(F)F. The molecule has 0 aromatic rings. The third-order valence-corrected chi connectivity index (χ3v) is 3.73. The van der Waals surface area contributed by atoms with Crippen molar-refractivity contribution in [1.29, 1.82) is 0 Å². The highest BCUT2D eigenvalue weighted by Gasteiger charge is 2.40. The fourth-order valence-electron chi connectivity index (χ4n) is 2.99. The topological polar surface area (TPSA) is 58.4 Å². The molecule has 2 aliphatic heterocycles. The Hall–Kier alpha value is -0.820. The standard InChI is InChI=1S/C11H18F3N3O/c12-11(13,14)6-16-10(18)5-17-8-1-2-9(17)4-7(15)3-8/h7-9H,1-6,15H2,(H,16,18). The van der Waals surface area contributed by atoms with E-state index in [2.05, 4.69) is 0 Å². The predicted molar refractivity (Wildman–Crippen MR) is 59.8 cm³/mol. The van der Waals surface area contributed by atoms with E-state index in [1.807, 2.05) is 10.2 Å². The summed E-state index contributed by atoms with van der Waals surface area (Å²) in [6.07, 6.45) is -0.694. The Morgan fingerprint density at radius 1 is 1.28 bits per heavy atom. The highest BCUT2D eigenvalue weighted by atomic mass is 19.4. The first kappa shape index (κ1) is 13.6. The molecule has 0 aromatic carbocycles. The van der Waals surface area contributed by atoms with Crippen LogP contribution in [0.2, 0.25) is 0 Å². The van der Waals surface area contributed by atoms with E-state index in [0.29, 0.717) is 0 Å². The third-order valence-electron chi connectivity index (χ3n) is 3.73. The fraction of sp³-hybridized carbons (Fsp3) is 0.909. The molecule has 0 aromatic heterocycles. The Bertz CT molecular complexity index is 307. The van der Waals surface area contributed by atoms with Gasteiger partial charge < -0.3 is 11.1 Å². The van der Waals surface area contributed by atoms with Gasteiger partial charge in [0.1, 0.15) is 6.54 Å². The van der Waals surface area contributed by atoms with Crippen LogP contribution in [-0.4, -0.2) is 48.2 Å². The number of nitrogens with zero attached hydrogens (tertiary/aromatic N) is 1. The van der Waals surface area contributed by atoms with Gasteiger partial charge in [-0.25, -0.2) is 0 Å². The minimum absolute atomic E-state index is 0.0537. The maximum absolute atomic E-state index is 12.0. The number of halogens is 3. The summed E-state index contributed by atoms with van der Waals surface area (Å²) in [7, 11) is 0. The molecule has 0 spiro atoms. The van der Waals surface area contributed by atoms with Gasteiger partial charge in [-0.15, -0.1) is 0 Å². The summed E-state index contributed by atoms with van der Waals surface area (Å²) in [5.74, 6) is -0.556. The first-order chi connectivity index (χ1) is 8.35. The van der Waals surface area contributed by atoms with Crippen LogP contribution >= 0.6 is 0 Å². The molecule has 3 N–H and O–H groups in total. The van der Waals surface area contributed by atoms with Gasteiger partial charge in [0, 0.05) is 18.1 Å². The van der Waals surface area contributed by atoms with Gasteiger partial charge in [0.15, 0.2) is 0 Å². The van der Waals surface area contributed by atoms with Gasteiger partial charge in [0.05, 0.1) is 6.54 Å². The lowest BCUT2D eigenvalue weighted by Crippen LogP contribution is -2.51. The van der Waals surface area contributed by atoms with Crippen LogP contribution in [-0.2, 0) is 4.79 Å². The summed E-state index contributed by atoms with van der Waals surface area (Å²) in [5.41, 5.74) is 5.89. The molecule has 0 radical (unpaired) electrons. The lowest BCUT2D eigenvalue weighted by atomic mass is 9.98. The van der Waals surface area contributed by atoms with Crippen molar-refractivity contribution in [2.24, 2.45) is 5.73 Å². The molecule has 2 unspecified atom stereocenters.